The maximum absolute atomic E-state index is 5.38. The van der Waals surface area contributed by atoms with Crippen molar-refractivity contribution >= 4 is 0 Å². The van der Waals surface area contributed by atoms with E-state index in [0.29, 0.717) is 0 Å². The average molecular weight is 257 g/mol. The van der Waals surface area contributed by atoms with Crippen molar-refractivity contribution in [2.75, 3.05) is 13.7 Å². The van der Waals surface area contributed by atoms with Crippen LogP contribution >= 0.6 is 0 Å². The van der Waals surface area contributed by atoms with Crippen LogP contribution in [0.15, 0.2) is 24.4 Å². The van der Waals surface area contributed by atoms with E-state index in [1.165, 1.54) is 16.8 Å². The largest absolute Gasteiger partial charge is 0.496 e. The highest BCUT2D eigenvalue weighted by atomic mass is 16.5. The molecule has 1 aromatic carbocycles. The first kappa shape index (κ1) is 12.2. The maximum atomic E-state index is 5.38. The summed E-state index contributed by atoms with van der Waals surface area (Å²) in [6, 6.07) is 6.32. The van der Waals surface area contributed by atoms with Crippen molar-refractivity contribution in [1.82, 2.24) is 14.9 Å². The third kappa shape index (κ3) is 2.12. The molecule has 2 aromatic rings. The van der Waals surface area contributed by atoms with E-state index in [0.717, 1.165) is 37.6 Å². The van der Waals surface area contributed by atoms with E-state index in [9.17, 15) is 0 Å². The van der Waals surface area contributed by atoms with Gasteiger partial charge in [0, 0.05) is 25.2 Å². The molecule has 0 unspecified atom stereocenters. The number of aryl methyl sites for hydroxylation is 1. The normalized spacial score (nSPS) is 14.2. The average Bonchev–Trinajstić information content (AvgIpc) is 2.90. The lowest BCUT2D eigenvalue weighted by Crippen LogP contribution is -2.27. The molecule has 0 saturated carbocycles. The summed E-state index contributed by atoms with van der Waals surface area (Å²) in [5.41, 5.74) is 3.66. The van der Waals surface area contributed by atoms with Crippen molar-refractivity contribution in [3.8, 4) is 17.1 Å². The zero-order valence-corrected chi connectivity index (χ0v) is 11.4. The summed E-state index contributed by atoms with van der Waals surface area (Å²) in [6.45, 7) is 5.04. The van der Waals surface area contributed by atoms with E-state index < -0.39 is 0 Å². The van der Waals surface area contributed by atoms with Crippen LogP contribution in [0.5, 0.6) is 5.75 Å². The molecule has 0 aliphatic carbocycles. The Kier molecular flexibility index (Phi) is 3.25. The Labute approximate surface area is 113 Å². The Bertz CT molecular complexity index is 589. The van der Waals surface area contributed by atoms with Crippen molar-refractivity contribution in [3.63, 3.8) is 0 Å². The number of aromatic nitrogens is 2. The lowest BCUT2D eigenvalue weighted by Gasteiger charge is -2.18. The fraction of sp³-hybridized carbons (Fsp3) is 0.400. The quantitative estimate of drug-likeness (QED) is 0.916. The van der Waals surface area contributed by atoms with Crippen LogP contribution in [0.25, 0.3) is 11.4 Å². The summed E-state index contributed by atoms with van der Waals surface area (Å²) in [6.07, 6.45) is 2.93. The van der Waals surface area contributed by atoms with Crippen molar-refractivity contribution < 1.29 is 4.74 Å². The zero-order chi connectivity index (χ0) is 13.2. The van der Waals surface area contributed by atoms with E-state index in [4.69, 9.17) is 4.74 Å². The number of fused-ring (bicyclic) bond motifs is 1. The van der Waals surface area contributed by atoms with Gasteiger partial charge in [-0.2, -0.15) is 0 Å². The molecule has 0 bridgehead atoms. The molecule has 0 amide bonds. The molecule has 19 heavy (non-hydrogen) atoms. The van der Waals surface area contributed by atoms with Crippen molar-refractivity contribution in [1.29, 1.82) is 0 Å². The number of rotatable bonds is 3. The van der Waals surface area contributed by atoms with E-state index in [2.05, 4.69) is 33.9 Å². The van der Waals surface area contributed by atoms with Crippen LogP contribution in [0.3, 0.4) is 0 Å². The zero-order valence-electron chi connectivity index (χ0n) is 11.4. The summed E-state index contributed by atoms with van der Waals surface area (Å²) in [7, 11) is 1.72. The van der Waals surface area contributed by atoms with E-state index in [1.54, 1.807) is 7.11 Å². The molecular formula is C15H19N3O. The number of imidazole rings is 1. The first-order valence-corrected chi connectivity index (χ1v) is 6.76. The number of methoxy groups -OCH3 is 1. The predicted molar refractivity (Wildman–Crippen MR) is 75.3 cm³/mol. The lowest BCUT2D eigenvalue weighted by atomic mass is 10.1. The van der Waals surface area contributed by atoms with Crippen LogP contribution < -0.4 is 10.1 Å². The highest BCUT2D eigenvalue weighted by Crippen LogP contribution is 2.27. The van der Waals surface area contributed by atoms with Crippen LogP contribution in [0.2, 0.25) is 0 Å². The summed E-state index contributed by atoms with van der Waals surface area (Å²) in [5.74, 6) is 2.02. The minimum atomic E-state index is 0.907. The van der Waals surface area contributed by atoms with Gasteiger partial charge in [-0.25, -0.2) is 4.98 Å². The van der Waals surface area contributed by atoms with Gasteiger partial charge in [0.2, 0.25) is 0 Å². The minimum Gasteiger partial charge on any atom is -0.496 e. The Balaban J connectivity index is 2.04. The third-order valence-electron chi connectivity index (χ3n) is 3.68. The maximum Gasteiger partial charge on any atom is 0.140 e. The van der Waals surface area contributed by atoms with Gasteiger partial charge in [0.25, 0.3) is 0 Å². The van der Waals surface area contributed by atoms with Crippen LogP contribution in [-0.2, 0) is 19.5 Å². The molecular weight excluding hydrogens is 238 g/mol. The summed E-state index contributed by atoms with van der Waals surface area (Å²) in [4.78, 5) is 4.58. The molecule has 1 aromatic heterocycles. The van der Waals surface area contributed by atoms with E-state index >= 15 is 0 Å². The summed E-state index contributed by atoms with van der Waals surface area (Å²) in [5, 5.41) is 3.37. The van der Waals surface area contributed by atoms with Gasteiger partial charge >= 0.3 is 0 Å². The second kappa shape index (κ2) is 5.05. The number of hydrogen-bond acceptors (Lipinski definition) is 3. The van der Waals surface area contributed by atoms with Crippen LogP contribution in [0.1, 0.15) is 18.2 Å². The Morgan fingerprint density at radius 1 is 1.42 bits per heavy atom. The van der Waals surface area contributed by atoms with Crippen LogP contribution in [0.4, 0.5) is 0 Å². The van der Waals surface area contributed by atoms with Gasteiger partial charge in [-0.15, -0.1) is 0 Å². The van der Waals surface area contributed by atoms with Crippen molar-refractivity contribution in [2.45, 2.75) is 26.4 Å². The van der Waals surface area contributed by atoms with Crippen molar-refractivity contribution in [3.05, 3.63) is 35.7 Å². The fourth-order valence-electron chi connectivity index (χ4n) is 2.63. The molecule has 0 spiro atoms. The number of nitrogens with zero attached hydrogens (tertiary/aromatic N) is 2. The predicted octanol–water partition coefficient (Wildman–Crippen LogP) is 2.22. The molecule has 4 heteroatoms. The molecule has 1 N–H and O–H groups in total. The topological polar surface area (TPSA) is 39.1 Å². The number of nitrogens with one attached hydrogen (secondary N) is 1. The smallest absolute Gasteiger partial charge is 0.140 e. The van der Waals surface area contributed by atoms with Crippen LogP contribution in [-0.4, -0.2) is 23.2 Å². The first-order valence-electron chi connectivity index (χ1n) is 6.76. The van der Waals surface area contributed by atoms with Gasteiger partial charge in [-0.05, 0) is 30.2 Å². The Hall–Kier alpha value is -1.81. The second-order valence-electron chi connectivity index (χ2n) is 4.78. The van der Waals surface area contributed by atoms with Gasteiger partial charge in [0.1, 0.15) is 11.6 Å². The SMILES string of the molecule is CCc1cc(-c2ncc3n2CCNC3)ccc1OC. The van der Waals surface area contributed by atoms with Gasteiger partial charge in [0.05, 0.1) is 19.0 Å². The Morgan fingerprint density at radius 2 is 2.32 bits per heavy atom. The molecule has 0 radical (unpaired) electrons. The molecule has 3 rings (SSSR count). The van der Waals surface area contributed by atoms with Crippen molar-refractivity contribution in [2.24, 2.45) is 0 Å². The minimum absolute atomic E-state index is 0.907. The standard InChI is InChI=1S/C15H19N3O/c1-3-11-8-12(4-5-14(11)19-2)15-17-10-13-9-16-6-7-18(13)15/h4-5,8,10,16H,3,6-7,9H2,1-2H3. The number of hydrogen-bond donors (Lipinski definition) is 1. The third-order valence-corrected chi connectivity index (χ3v) is 3.68. The summed E-state index contributed by atoms with van der Waals surface area (Å²) < 4.78 is 7.69. The second-order valence-corrected chi connectivity index (χ2v) is 4.78. The van der Waals surface area contributed by atoms with Gasteiger partial charge < -0.3 is 14.6 Å². The number of benzene rings is 1. The van der Waals surface area contributed by atoms with E-state index in [-0.39, 0.29) is 0 Å². The molecule has 0 fully saturated rings. The van der Waals surface area contributed by atoms with E-state index in [1.807, 2.05) is 12.3 Å². The molecule has 0 atom stereocenters. The van der Waals surface area contributed by atoms with Gasteiger partial charge in [-0.3, -0.25) is 0 Å². The highest BCUT2D eigenvalue weighted by Gasteiger charge is 2.15. The monoisotopic (exact) mass is 257 g/mol. The fourth-order valence-corrected chi connectivity index (χ4v) is 2.63. The number of ether oxygens (including phenoxy) is 1. The molecule has 1 aliphatic rings. The molecule has 2 heterocycles. The molecule has 0 saturated heterocycles. The highest BCUT2D eigenvalue weighted by molar-refractivity contribution is 5.60. The summed E-state index contributed by atoms with van der Waals surface area (Å²) >= 11 is 0. The lowest BCUT2D eigenvalue weighted by molar-refractivity contribution is 0.410. The van der Waals surface area contributed by atoms with Gasteiger partial charge in [-0.1, -0.05) is 6.92 Å². The van der Waals surface area contributed by atoms with Crippen LogP contribution in [0, 0.1) is 0 Å². The first-order chi connectivity index (χ1) is 9.33. The van der Waals surface area contributed by atoms with Gasteiger partial charge in [0.15, 0.2) is 0 Å². The molecule has 100 valence electrons. The molecule has 4 nitrogen and oxygen atoms in total. The molecule has 1 aliphatic heterocycles. The Morgan fingerprint density at radius 3 is 3.11 bits per heavy atom.